The summed E-state index contributed by atoms with van der Waals surface area (Å²) in [5, 5.41) is 17.6. The van der Waals surface area contributed by atoms with Crippen molar-refractivity contribution in [3.63, 3.8) is 0 Å². The van der Waals surface area contributed by atoms with Crippen LogP contribution in [0.5, 0.6) is 5.88 Å². The molecule has 2 aromatic heterocycles. The second kappa shape index (κ2) is 6.38. The fraction of sp³-hybridized carbons (Fsp3) is 0.750. The van der Waals surface area contributed by atoms with Crippen LogP contribution >= 0.6 is 0 Å². The fourth-order valence-corrected chi connectivity index (χ4v) is 3.79. The number of hydrogen-bond donors (Lipinski definition) is 1. The highest BCUT2D eigenvalue weighted by Crippen LogP contribution is 2.45. The topological polar surface area (TPSA) is 114 Å². The van der Waals surface area contributed by atoms with Crippen molar-refractivity contribution in [2.24, 2.45) is 0 Å². The van der Waals surface area contributed by atoms with Crippen molar-refractivity contribution in [1.82, 2.24) is 25.0 Å². The standard InChI is InChI=1S/C16H23N5O5/c1-8-17-14-11(15(18-8)23-4)19-20-21(14)9-7-10(24-6-5-22)13-12(9)25-16(2,3)26-13/h9-10,12-13,22H,5-7H2,1-4H3/t9-,10+,12+,13-/m1/s1. The first-order chi connectivity index (χ1) is 12.4. The lowest BCUT2D eigenvalue weighted by molar-refractivity contribution is -0.171. The molecule has 0 unspecified atom stereocenters. The summed E-state index contributed by atoms with van der Waals surface area (Å²) in [5.74, 6) is 0.253. The van der Waals surface area contributed by atoms with Gasteiger partial charge >= 0.3 is 0 Å². The van der Waals surface area contributed by atoms with Crippen molar-refractivity contribution in [3.05, 3.63) is 5.82 Å². The largest absolute Gasteiger partial charge is 0.479 e. The number of methoxy groups -OCH3 is 1. The number of aliphatic hydroxyl groups is 1. The quantitative estimate of drug-likeness (QED) is 0.803. The molecule has 2 aliphatic rings. The maximum absolute atomic E-state index is 9.09. The summed E-state index contributed by atoms with van der Waals surface area (Å²) >= 11 is 0. The van der Waals surface area contributed by atoms with E-state index in [-0.39, 0.29) is 37.6 Å². The van der Waals surface area contributed by atoms with E-state index >= 15 is 0 Å². The van der Waals surface area contributed by atoms with Crippen LogP contribution in [0.25, 0.3) is 11.2 Å². The van der Waals surface area contributed by atoms with E-state index < -0.39 is 5.79 Å². The van der Waals surface area contributed by atoms with Gasteiger partial charge in [0.1, 0.15) is 18.0 Å². The molecule has 1 aliphatic heterocycles. The van der Waals surface area contributed by atoms with Crippen LogP contribution in [0.2, 0.25) is 0 Å². The second-order valence-corrected chi connectivity index (χ2v) is 6.99. The Morgan fingerprint density at radius 2 is 2.04 bits per heavy atom. The number of aromatic nitrogens is 5. The molecule has 4 atom stereocenters. The van der Waals surface area contributed by atoms with Gasteiger partial charge in [0.05, 0.1) is 32.5 Å². The lowest BCUT2D eigenvalue weighted by Gasteiger charge is -2.23. The number of rotatable bonds is 5. The van der Waals surface area contributed by atoms with Crippen molar-refractivity contribution >= 4 is 11.2 Å². The molecule has 26 heavy (non-hydrogen) atoms. The highest BCUT2D eigenvalue weighted by atomic mass is 16.8. The molecule has 0 bridgehead atoms. The maximum Gasteiger partial charge on any atom is 0.247 e. The predicted octanol–water partition coefficient (Wildman–Crippen LogP) is 0.381. The maximum atomic E-state index is 9.09. The van der Waals surface area contributed by atoms with Gasteiger partial charge in [0.15, 0.2) is 17.0 Å². The summed E-state index contributed by atoms with van der Waals surface area (Å²) in [6.07, 6.45) is -0.0802. The molecule has 0 spiro atoms. The molecule has 0 radical (unpaired) electrons. The number of nitrogens with zero attached hydrogens (tertiary/aromatic N) is 5. The predicted molar refractivity (Wildman–Crippen MR) is 88.7 cm³/mol. The number of ether oxygens (including phenoxy) is 4. The first-order valence-corrected chi connectivity index (χ1v) is 8.65. The molecule has 0 amide bonds. The summed E-state index contributed by atoms with van der Waals surface area (Å²) in [6.45, 7) is 5.75. The van der Waals surface area contributed by atoms with E-state index in [0.29, 0.717) is 29.3 Å². The highest BCUT2D eigenvalue weighted by Gasteiger charge is 2.56. The van der Waals surface area contributed by atoms with Gasteiger partial charge in [-0.2, -0.15) is 4.98 Å². The molecular weight excluding hydrogens is 342 g/mol. The van der Waals surface area contributed by atoms with Gasteiger partial charge in [0, 0.05) is 6.42 Å². The van der Waals surface area contributed by atoms with E-state index in [0.717, 1.165) is 0 Å². The van der Waals surface area contributed by atoms with Crippen molar-refractivity contribution in [2.45, 2.75) is 57.3 Å². The first kappa shape index (κ1) is 17.5. The SMILES string of the molecule is COc1nc(C)nc2c1nnn2[C@@H]1C[C@H](OCCO)[C@H]2OC(C)(C)O[C@H]21. The van der Waals surface area contributed by atoms with Crippen LogP contribution in [0, 0.1) is 6.92 Å². The van der Waals surface area contributed by atoms with Crippen LogP contribution in [0.4, 0.5) is 0 Å². The molecule has 2 fully saturated rings. The normalized spacial score (nSPS) is 30.0. The summed E-state index contributed by atoms with van der Waals surface area (Å²) in [7, 11) is 1.54. The molecule has 3 heterocycles. The van der Waals surface area contributed by atoms with Crippen LogP contribution in [0.1, 0.15) is 32.1 Å². The van der Waals surface area contributed by atoms with E-state index in [1.54, 1.807) is 18.7 Å². The Bertz CT molecular complexity index is 810. The van der Waals surface area contributed by atoms with Gasteiger partial charge in [-0.15, -0.1) is 5.10 Å². The van der Waals surface area contributed by atoms with E-state index in [4.69, 9.17) is 24.1 Å². The minimum atomic E-state index is -0.714. The molecule has 1 N–H and O–H groups in total. The average molecular weight is 365 g/mol. The summed E-state index contributed by atoms with van der Waals surface area (Å²) in [5.41, 5.74) is 1.10. The third kappa shape index (κ3) is 2.82. The van der Waals surface area contributed by atoms with Gasteiger partial charge in [-0.3, -0.25) is 0 Å². The van der Waals surface area contributed by atoms with Crippen molar-refractivity contribution < 1.29 is 24.1 Å². The lowest BCUT2D eigenvalue weighted by Crippen LogP contribution is -2.31. The summed E-state index contributed by atoms with van der Waals surface area (Å²) in [6, 6.07) is -0.158. The molecule has 1 aliphatic carbocycles. The highest BCUT2D eigenvalue weighted by molar-refractivity contribution is 5.75. The zero-order chi connectivity index (χ0) is 18.5. The van der Waals surface area contributed by atoms with Crippen molar-refractivity contribution in [2.75, 3.05) is 20.3 Å². The molecule has 10 nitrogen and oxygen atoms in total. The van der Waals surface area contributed by atoms with Gasteiger partial charge in [-0.25, -0.2) is 9.67 Å². The zero-order valence-electron chi connectivity index (χ0n) is 15.2. The lowest BCUT2D eigenvalue weighted by atomic mass is 10.2. The Morgan fingerprint density at radius 3 is 2.77 bits per heavy atom. The molecule has 1 saturated heterocycles. The van der Waals surface area contributed by atoms with Gasteiger partial charge in [0.25, 0.3) is 0 Å². The van der Waals surface area contributed by atoms with Crippen LogP contribution in [0.15, 0.2) is 0 Å². The molecule has 10 heteroatoms. The Labute approximate surface area is 150 Å². The van der Waals surface area contributed by atoms with E-state index in [2.05, 4.69) is 20.3 Å². The fourth-order valence-electron chi connectivity index (χ4n) is 3.79. The number of hydrogen-bond acceptors (Lipinski definition) is 9. The second-order valence-electron chi connectivity index (χ2n) is 6.99. The average Bonchev–Trinajstić information content (AvgIpc) is 3.23. The Hall–Kier alpha value is -1.88. The monoisotopic (exact) mass is 365 g/mol. The van der Waals surface area contributed by atoms with Crippen molar-refractivity contribution in [3.8, 4) is 5.88 Å². The number of aliphatic hydroxyl groups excluding tert-OH is 1. The Kier molecular flexibility index (Phi) is 4.30. The van der Waals surface area contributed by atoms with E-state index in [9.17, 15) is 0 Å². The smallest absolute Gasteiger partial charge is 0.247 e. The third-order valence-electron chi connectivity index (χ3n) is 4.72. The van der Waals surface area contributed by atoms with Gasteiger partial charge in [-0.05, 0) is 20.8 Å². The molecular formula is C16H23N5O5. The molecule has 1 saturated carbocycles. The Morgan fingerprint density at radius 1 is 1.27 bits per heavy atom. The van der Waals surface area contributed by atoms with Crippen LogP contribution in [-0.4, -0.2) is 74.5 Å². The van der Waals surface area contributed by atoms with Crippen LogP contribution in [0.3, 0.4) is 0 Å². The molecule has 4 rings (SSSR count). The minimum Gasteiger partial charge on any atom is -0.479 e. The summed E-state index contributed by atoms with van der Waals surface area (Å²) < 4.78 is 25.0. The van der Waals surface area contributed by atoms with E-state index in [1.807, 2.05) is 13.8 Å². The summed E-state index contributed by atoms with van der Waals surface area (Å²) in [4.78, 5) is 8.74. The number of aryl methyl sites for hydroxylation is 1. The minimum absolute atomic E-state index is 0.0430. The molecule has 2 aromatic rings. The zero-order valence-corrected chi connectivity index (χ0v) is 15.2. The molecule has 0 aromatic carbocycles. The molecule has 142 valence electrons. The van der Waals surface area contributed by atoms with Crippen molar-refractivity contribution in [1.29, 1.82) is 0 Å². The first-order valence-electron chi connectivity index (χ1n) is 8.65. The van der Waals surface area contributed by atoms with Gasteiger partial charge in [0.2, 0.25) is 5.88 Å². The van der Waals surface area contributed by atoms with E-state index in [1.165, 1.54) is 0 Å². The van der Waals surface area contributed by atoms with Crippen LogP contribution in [-0.2, 0) is 14.2 Å². The van der Waals surface area contributed by atoms with Gasteiger partial charge in [-0.1, -0.05) is 5.21 Å². The van der Waals surface area contributed by atoms with Gasteiger partial charge < -0.3 is 24.1 Å². The Balaban J connectivity index is 1.73. The number of fused-ring (bicyclic) bond motifs is 2. The third-order valence-corrected chi connectivity index (χ3v) is 4.72. The van der Waals surface area contributed by atoms with Crippen LogP contribution < -0.4 is 4.74 Å².